The molecule has 0 bridgehead atoms. The quantitative estimate of drug-likeness (QED) is 0.858. The van der Waals surface area contributed by atoms with Crippen molar-refractivity contribution in [1.29, 1.82) is 0 Å². The molecule has 0 atom stereocenters. The van der Waals surface area contributed by atoms with E-state index in [1.807, 2.05) is 0 Å². The molecule has 7 heteroatoms. The van der Waals surface area contributed by atoms with Crippen LogP contribution in [0.5, 0.6) is 0 Å². The Bertz CT molecular complexity index is 588. The molecule has 21 heavy (non-hydrogen) atoms. The van der Waals surface area contributed by atoms with Gasteiger partial charge in [-0.1, -0.05) is 11.6 Å². The van der Waals surface area contributed by atoms with E-state index in [4.69, 9.17) is 22.1 Å². The second kappa shape index (κ2) is 6.52. The SMILES string of the molecule is COCC1CCN(S(=O)(=O)c2cc(N)c(C)c(Cl)c2)CC1. The molecule has 0 unspecified atom stereocenters. The third-order valence-corrected chi connectivity index (χ3v) is 6.24. The highest BCUT2D eigenvalue weighted by molar-refractivity contribution is 7.89. The third-order valence-electron chi connectivity index (χ3n) is 3.97. The summed E-state index contributed by atoms with van der Waals surface area (Å²) in [6.45, 7) is 3.45. The normalized spacial score (nSPS) is 18.0. The molecule has 1 aromatic carbocycles. The van der Waals surface area contributed by atoms with E-state index in [0.29, 0.717) is 41.9 Å². The van der Waals surface area contributed by atoms with Crippen LogP contribution in [0.25, 0.3) is 0 Å². The summed E-state index contributed by atoms with van der Waals surface area (Å²) in [5.74, 6) is 0.424. The van der Waals surface area contributed by atoms with E-state index >= 15 is 0 Å². The molecule has 0 saturated carbocycles. The molecule has 1 aromatic rings. The Balaban J connectivity index is 2.20. The summed E-state index contributed by atoms with van der Waals surface area (Å²) in [6.07, 6.45) is 1.62. The lowest BCUT2D eigenvalue weighted by Crippen LogP contribution is -2.39. The van der Waals surface area contributed by atoms with Gasteiger partial charge in [0.05, 0.1) is 4.90 Å². The molecular formula is C14H21ClN2O3S. The van der Waals surface area contributed by atoms with Crippen molar-refractivity contribution in [2.45, 2.75) is 24.7 Å². The van der Waals surface area contributed by atoms with Crippen LogP contribution in [-0.4, -0.2) is 39.5 Å². The topological polar surface area (TPSA) is 72.6 Å². The molecule has 2 rings (SSSR count). The summed E-state index contributed by atoms with van der Waals surface area (Å²) in [5.41, 5.74) is 6.93. The van der Waals surface area contributed by atoms with Crippen LogP contribution in [0.15, 0.2) is 17.0 Å². The number of nitrogens with zero attached hydrogens (tertiary/aromatic N) is 1. The smallest absolute Gasteiger partial charge is 0.243 e. The Morgan fingerprint density at radius 1 is 1.38 bits per heavy atom. The van der Waals surface area contributed by atoms with Gasteiger partial charge in [0.2, 0.25) is 10.0 Å². The first-order chi connectivity index (χ1) is 9.86. The lowest BCUT2D eigenvalue weighted by Gasteiger charge is -2.31. The van der Waals surface area contributed by atoms with Crippen molar-refractivity contribution in [1.82, 2.24) is 4.31 Å². The molecule has 0 aromatic heterocycles. The van der Waals surface area contributed by atoms with Gasteiger partial charge in [-0.2, -0.15) is 4.31 Å². The number of nitrogen functional groups attached to an aromatic ring is 1. The number of piperidine rings is 1. The molecule has 0 spiro atoms. The molecule has 0 amide bonds. The predicted octanol–water partition coefficient (Wildman–Crippen LogP) is 2.28. The van der Waals surface area contributed by atoms with Gasteiger partial charge in [0, 0.05) is 37.5 Å². The summed E-state index contributed by atoms with van der Waals surface area (Å²) in [4.78, 5) is 0.167. The first-order valence-electron chi connectivity index (χ1n) is 6.91. The van der Waals surface area contributed by atoms with Crippen molar-refractivity contribution in [3.05, 3.63) is 22.7 Å². The third kappa shape index (κ3) is 3.51. The van der Waals surface area contributed by atoms with Gasteiger partial charge in [-0.15, -0.1) is 0 Å². The minimum Gasteiger partial charge on any atom is -0.398 e. The van der Waals surface area contributed by atoms with Gasteiger partial charge < -0.3 is 10.5 Å². The maximum atomic E-state index is 12.6. The van der Waals surface area contributed by atoms with Gasteiger partial charge in [0.15, 0.2) is 0 Å². The van der Waals surface area contributed by atoms with Gasteiger partial charge in [0.25, 0.3) is 0 Å². The molecule has 118 valence electrons. The summed E-state index contributed by atoms with van der Waals surface area (Å²) in [7, 11) is -1.87. The van der Waals surface area contributed by atoms with Gasteiger partial charge >= 0.3 is 0 Å². The number of methoxy groups -OCH3 is 1. The number of ether oxygens (including phenoxy) is 1. The first-order valence-corrected chi connectivity index (χ1v) is 8.72. The Morgan fingerprint density at radius 3 is 2.52 bits per heavy atom. The molecule has 5 nitrogen and oxygen atoms in total. The van der Waals surface area contributed by atoms with Crippen molar-refractivity contribution in [3.63, 3.8) is 0 Å². The van der Waals surface area contributed by atoms with Crippen LogP contribution in [-0.2, 0) is 14.8 Å². The number of nitrogens with two attached hydrogens (primary N) is 1. The highest BCUT2D eigenvalue weighted by Gasteiger charge is 2.30. The van der Waals surface area contributed by atoms with E-state index in [9.17, 15) is 8.42 Å². The lowest BCUT2D eigenvalue weighted by molar-refractivity contribution is 0.121. The van der Waals surface area contributed by atoms with Crippen LogP contribution in [0.3, 0.4) is 0 Å². The van der Waals surface area contributed by atoms with Gasteiger partial charge in [-0.05, 0) is 43.4 Å². The standard InChI is InChI=1S/C14H21ClN2O3S/c1-10-13(15)7-12(8-14(10)16)21(18,19)17-5-3-11(4-6-17)9-20-2/h7-8,11H,3-6,9,16H2,1-2H3. The number of halogens is 1. The first kappa shape index (κ1) is 16.5. The summed E-state index contributed by atoms with van der Waals surface area (Å²) < 4.78 is 31.9. The van der Waals surface area contributed by atoms with Crippen molar-refractivity contribution in [3.8, 4) is 0 Å². The monoisotopic (exact) mass is 332 g/mol. The minimum absolute atomic E-state index is 0.167. The summed E-state index contributed by atoms with van der Waals surface area (Å²) in [6, 6.07) is 2.96. The highest BCUT2D eigenvalue weighted by atomic mass is 35.5. The Kier molecular flexibility index (Phi) is 5.14. The van der Waals surface area contributed by atoms with E-state index in [-0.39, 0.29) is 4.90 Å². The Morgan fingerprint density at radius 2 is 2.00 bits per heavy atom. The molecule has 1 aliphatic rings. The van der Waals surface area contributed by atoms with E-state index in [2.05, 4.69) is 0 Å². The van der Waals surface area contributed by atoms with Crippen LogP contribution < -0.4 is 5.73 Å². The number of anilines is 1. The molecule has 0 radical (unpaired) electrons. The second-order valence-corrected chi connectivity index (χ2v) is 7.77. The largest absolute Gasteiger partial charge is 0.398 e. The zero-order valence-electron chi connectivity index (χ0n) is 12.3. The lowest BCUT2D eigenvalue weighted by atomic mass is 9.99. The zero-order valence-corrected chi connectivity index (χ0v) is 13.9. The average Bonchev–Trinajstić information content (AvgIpc) is 2.45. The van der Waals surface area contributed by atoms with Gasteiger partial charge in [-0.25, -0.2) is 8.42 Å². The van der Waals surface area contributed by atoms with Crippen molar-refractivity contribution in [2.24, 2.45) is 5.92 Å². The molecule has 1 aliphatic heterocycles. The van der Waals surface area contributed by atoms with Crippen LogP contribution in [0.4, 0.5) is 5.69 Å². The van der Waals surface area contributed by atoms with Crippen LogP contribution in [0.1, 0.15) is 18.4 Å². The minimum atomic E-state index is -3.53. The fraction of sp³-hybridized carbons (Fsp3) is 0.571. The van der Waals surface area contributed by atoms with Gasteiger partial charge in [-0.3, -0.25) is 0 Å². The molecule has 2 N–H and O–H groups in total. The van der Waals surface area contributed by atoms with E-state index in [0.717, 1.165) is 12.8 Å². The van der Waals surface area contributed by atoms with Crippen molar-refractivity contribution in [2.75, 3.05) is 32.5 Å². The number of hydrogen-bond acceptors (Lipinski definition) is 4. The summed E-state index contributed by atoms with van der Waals surface area (Å²) >= 11 is 6.05. The van der Waals surface area contributed by atoms with Crippen LogP contribution >= 0.6 is 11.6 Å². The van der Waals surface area contributed by atoms with Gasteiger partial charge in [0.1, 0.15) is 0 Å². The number of sulfonamides is 1. The fourth-order valence-electron chi connectivity index (χ4n) is 2.52. The molecule has 1 fully saturated rings. The van der Waals surface area contributed by atoms with E-state index in [1.54, 1.807) is 14.0 Å². The number of rotatable bonds is 4. The number of hydrogen-bond donors (Lipinski definition) is 1. The maximum Gasteiger partial charge on any atom is 0.243 e. The Labute approximate surface area is 131 Å². The van der Waals surface area contributed by atoms with Crippen molar-refractivity contribution >= 4 is 27.3 Å². The maximum absolute atomic E-state index is 12.6. The van der Waals surface area contributed by atoms with Crippen LogP contribution in [0.2, 0.25) is 5.02 Å². The molecule has 0 aliphatic carbocycles. The number of benzene rings is 1. The highest BCUT2D eigenvalue weighted by Crippen LogP contribution is 2.29. The molecule has 1 heterocycles. The predicted molar refractivity (Wildman–Crippen MR) is 84.0 cm³/mol. The second-order valence-electron chi connectivity index (χ2n) is 5.42. The molecular weight excluding hydrogens is 312 g/mol. The zero-order chi connectivity index (χ0) is 15.6. The van der Waals surface area contributed by atoms with Crippen LogP contribution in [0, 0.1) is 12.8 Å². The molecule has 1 saturated heterocycles. The summed E-state index contributed by atoms with van der Waals surface area (Å²) in [5, 5.41) is 0.378. The van der Waals surface area contributed by atoms with E-state index in [1.165, 1.54) is 16.4 Å². The Hall–Kier alpha value is -0.820. The van der Waals surface area contributed by atoms with E-state index < -0.39 is 10.0 Å². The average molecular weight is 333 g/mol. The fourth-order valence-corrected chi connectivity index (χ4v) is 4.35. The van der Waals surface area contributed by atoms with Crippen molar-refractivity contribution < 1.29 is 13.2 Å².